The van der Waals surface area contributed by atoms with Crippen LogP contribution < -0.4 is 0 Å². The molecule has 0 radical (unpaired) electrons. The van der Waals surface area contributed by atoms with Crippen LogP contribution in [0.2, 0.25) is 0 Å². The Balaban J connectivity index is 2.73. The second kappa shape index (κ2) is 5.38. The summed E-state index contributed by atoms with van der Waals surface area (Å²) in [5, 5.41) is 0. The number of aromatic nitrogens is 2. The van der Waals surface area contributed by atoms with E-state index < -0.39 is 0 Å². The van der Waals surface area contributed by atoms with Gasteiger partial charge in [-0.15, -0.1) is 11.6 Å². The van der Waals surface area contributed by atoms with Crippen molar-refractivity contribution < 1.29 is 9.13 Å². The second-order valence-corrected chi connectivity index (χ2v) is 6.12. The molecule has 0 aliphatic carbocycles. The summed E-state index contributed by atoms with van der Waals surface area (Å²) in [4.78, 5) is 4.46. The van der Waals surface area contributed by atoms with Gasteiger partial charge >= 0.3 is 0 Å². The number of ether oxygens (including phenoxy) is 1. The zero-order valence-electron chi connectivity index (χ0n) is 11.0. The first-order chi connectivity index (χ1) is 8.90. The first kappa shape index (κ1) is 14.8. The number of rotatable bonds is 4. The van der Waals surface area contributed by atoms with Crippen LogP contribution in [-0.4, -0.2) is 23.3 Å². The van der Waals surface area contributed by atoms with Gasteiger partial charge in [0, 0.05) is 13.2 Å². The highest BCUT2D eigenvalue weighted by atomic mass is 79.9. The average molecular weight is 350 g/mol. The number of benzene rings is 1. The lowest BCUT2D eigenvalue weighted by atomic mass is 10.1. The predicted molar refractivity (Wildman–Crippen MR) is 78.1 cm³/mol. The maximum atomic E-state index is 13.8. The Hall–Kier alpha value is -0.650. The van der Waals surface area contributed by atoms with Crippen LogP contribution in [0, 0.1) is 5.82 Å². The van der Waals surface area contributed by atoms with Crippen molar-refractivity contribution in [2.75, 3.05) is 13.7 Å². The molecule has 0 fully saturated rings. The molecule has 0 aliphatic rings. The summed E-state index contributed by atoms with van der Waals surface area (Å²) in [6.45, 7) is 4.50. The Labute approximate surface area is 124 Å². The van der Waals surface area contributed by atoms with E-state index in [9.17, 15) is 4.39 Å². The van der Waals surface area contributed by atoms with Crippen LogP contribution in [0.5, 0.6) is 0 Å². The summed E-state index contributed by atoms with van der Waals surface area (Å²) in [5.41, 5.74) is 1.08. The van der Waals surface area contributed by atoms with Crippen molar-refractivity contribution in [1.29, 1.82) is 0 Å². The van der Waals surface area contributed by atoms with Gasteiger partial charge in [0.2, 0.25) is 0 Å². The van der Waals surface area contributed by atoms with Gasteiger partial charge in [0.25, 0.3) is 0 Å². The number of alkyl halides is 1. The molecule has 0 bridgehead atoms. The fourth-order valence-corrected chi connectivity index (χ4v) is 2.82. The Kier molecular flexibility index (Phi) is 4.18. The van der Waals surface area contributed by atoms with Crippen LogP contribution >= 0.6 is 27.5 Å². The highest BCUT2D eigenvalue weighted by Crippen LogP contribution is 2.30. The van der Waals surface area contributed by atoms with Crippen LogP contribution in [0.25, 0.3) is 11.0 Å². The molecule has 0 atom stereocenters. The van der Waals surface area contributed by atoms with Gasteiger partial charge in [0.15, 0.2) is 0 Å². The van der Waals surface area contributed by atoms with E-state index >= 15 is 0 Å². The molecule has 0 saturated heterocycles. The fraction of sp³-hybridized carbons (Fsp3) is 0.462. The topological polar surface area (TPSA) is 27.1 Å². The van der Waals surface area contributed by atoms with E-state index in [1.54, 1.807) is 13.2 Å². The van der Waals surface area contributed by atoms with Crippen molar-refractivity contribution in [3.05, 3.63) is 28.2 Å². The summed E-state index contributed by atoms with van der Waals surface area (Å²) >= 11 is 9.13. The molecule has 0 aliphatic heterocycles. The number of hydrogen-bond acceptors (Lipinski definition) is 2. The molecule has 2 aromatic rings. The smallest absolute Gasteiger partial charge is 0.139 e. The van der Waals surface area contributed by atoms with E-state index in [0.717, 1.165) is 5.52 Å². The highest BCUT2D eigenvalue weighted by molar-refractivity contribution is 9.10. The Morgan fingerprint density at radius 3 is 2.74 bits per heavy atom. The number of fused-ring (bicyclic) bond motifs is 1. The summed E-state index contributed by atoms with van der Waals surface area (Å²) in [5.74, 6) is 0.653. The number of hydrogen-bond donors (Lipinski definition) is 0. The zero-order chi connectivity index (χ0) is 14.2. The molecule has 104 valence electrons. The van der Waals surface area contributed by atoms with Gasteiger partial charge in [-0.25, -0.2) is 9.37 Å². The normalized spacial score (nSPS) is 12.3. The van der Waals surface area contributed by atoms with Crippen molar-refractivity contribution >= 4 is 38.6 Å². The third-order valence-electron chi connectivity index (χ3n) is 2.99. The first-order valence-corrected chi connectivity index (χ1v) is 7.15. The van der Waals surface area contributed by atoms with Crippen molar-refractivity contribution in [3.63, 3.8) is 0 Å². The summed E-state index contributed by atoms with van der Waals surface area (Å²) in [6.07, 6.45) is 0. The van der Waals surface area contributed by atoms with Gasteiger partial charge in [-0.1, -0.05) is 0 Å². The Morgan fingerprint density at radius 1 is 1.47 bits per heavy atom. The minimum atomic E-state index is -0.353. The maximum Gasteiger partial charge on any atom is 0.139 e. The summed E-state index contributed by atoms with van der Waals surface area (Å²) in [6, 6.07) is 3.14. The molecule has 19 heavy (non-hydrogen) atoms. The molecule has 2 rings (SSSR count). The number of nitrogens with zero attached hydrogens (tertiary/aromatic N) is 2. The van der Waals surface area contributed by atoms with E-state index in [0.29, 0.717) is 22.4 Å². The third kappa shape index (κ3) is 2.64. The monoisotopic (exact) mass is 348 g/mol. The zero-order valence-corrected chi connectivity index (χ0v) is 13.3. The van der Waals surface area contributed by atoms with Gasteiger partial charge in [0.1, 0.15) is 11.6 Å². The standard InChI is InChI=1S/C13H15BrClFN2O/c1-13(2,7-19-3)18-11-5-9(16)8(14)4-10(11)17-12(18)6-15/h4-5H,6-7H2,1-3H3. The maximum absolute atomic E-state index is 13.8. The van der Waals surface area contributed by atoms with E-state index in [4.69, 9.17) is 16.3 Å². The van der Waals surface area contributed by atoms with E-state index in [-0.39, 0.29) is 17.2 Å². The second-order valence-electron chi connectivity index (χ2n) is 5.00. The molecule has 3 nitrogen and oxygen atoms in total. The van der Waals surface area contributed by atoms with Crippen LogP contribution in [0.1, 0.15) is 19.7 Å². The van der Waals surface area contributed by atoms with E-state index in [1.165, 1.54) is 6.07 Å². The minimum absolute atomic E-state index is 0.265. The molecule has 0 spiro atoms. The van der Waals surface area contributed by atoms with Crippen molar-refractivity contribution in [1.82, 2.24) is 9.55 Å². The molecule has 1 heterocycles. The van der Waals surface area contributed by atoms with Crippen LogP contribution in [0.4, 0.5) is 4.39 Å². The first-order valence-electron chi connectivity index (χ1n) is 5.82. The molecular weight excluding hydrogens is 335 g/mol. The van der Waals surface area contributed by atoms with Crippen molar-refractivity contribution in [3.8, 4) is 0 Å². The minimum Gasteiger partial charge on any atom is -0.382 e. The summed E-state index contributed by atoms with van der Waals surface area (Å²) in [7, 11) is 1.64. The number of imidazole rings is 1. The van der Waals surface area contributed by atoms with Gasteiger partial charge in [-0.2, -0.15) is 0 Å². The van der Waals surface area contributed by atoms with Crippen LogP contribution in [0.15, 0.2) is 16.6 Å². The fourth-order valence-electron chi connectivity index (χ4n) is 2.31. The van der Waals surface area contributed by atoms with Crippen molar-refractivity contribution in [2.45, 2.75) is 25.3 Å². The number of halogens is 3. The average Bonchev–Trinajstić information content (AvgIpc) is 2.68. The predicted octanol–water partition coefficient (Wildman–Crippen LogP) is 4.06. The van der Waals surface area contributed by atoms with Crippen LogP contribution in [0.3, 0.4) is 0 Å². The lowest BCUT2D eigenvalue weighted by Crippen LogP contribution is -2.32. The molecule has 0 unspecified atom stereocenters. The van der Waals surface area contributed by atoms with E-state index in [1.807, 2.05) is 18.4 Å². The van der Waals surface area contributed by atoms with E-state index in [2.05, 4.69) is 20.9 Å². The molecule has 1 aromatic carbocycles. The lowest BCUT2D eigenvalue weighted by Gasteiger charge is -2.28. The van der Waals surface area contributed by atoms with Gasteiger partial charge < -0.3 is 9.30 Å². The molecule has 0 amide bonds. The lowest BCUT2D eigenvalue weighted by molar-refractivity contribution is 0.110. The SMILES string of the molecule is COCC(C)(C)n1c(CCl)nc2cc(Br)c(F)cc21. The molecule has 0 N–H and O–H groups in total. The summed E-state index contributed by atoms with van der Waals surface area (Å²) < 4.78 is 21.3. The Bertz CT molecular complexity index is 612. The molecule has 1 aromatic heterocycles. The molecule has 6 heteroatoms. The highest BCUT2D eigenvalue weighted by Gasteiger charge is 2.26. The largest absolute Gasteiger partial charge is 0.382 e. The third-order valence-corrected chi connectivity index (χ3v) is 3.84. The van der Waals surface area contributed by atoms with Crippen LogP contribution in [-0.2, 0) is 16.2 Å². The van der Waals surface area contributed by atoms with Gasteiger partial charge in [-0.05, 0) is 35.8 Å². The van der Waals surface area contributed by atoms with Crippen molar-refractivity contribution in [2.24, 2.45) is 0 Å². The molecule has 0 saturated carbocycles. The molecular formula is C13H15BrClFN2O. The Morgan fingerprint density at radius 2 is 2.16 bits per heavy atom. The van der Waals surface area contributed by atoms with Gasteiger partial charge in [0.05, 0.1) is 33.5 Å². The quantitative estimate of drug-likeness (QED) is 0.778. The number of methoxy groups -OCH3 is 1. The van der Waals surface area contributed by atoms with Gasteiger partial charge in [-0.3, -0.25) is 0 Å².